The van der Waals surface area contributed by atoms with Gasteiger partial charge in [-0.05, 0) is 25.8 Å². The van der Waals surface area contributed by atoms with Crippen molar-refractivity contribution in [1.82, 2.24) is 20.0 Å². The maximum atomic E-state index is 14.7. The molecule has 3 aromatic rings. The summed E-state index contributed by atoms with van der Waals surface area (Å²) >= 11 is 1.04. The summed E-state index contributed by atoms with van der Waals surface area (Å²) in [6.07, 6.45) is 0.869. The molecule has 198 valence electrons. The number of carbonyl (C=O) groups excluding carboxylic acids is 2. The maximum Gasteiger partial charge on any atom is 0.326 e. The lowest BCUT2D eigenvalue weighted by molar-refractivity contribution is -0.177. The van der Waals surface area contributed by atoms with Crippen LogP contribution in [0.25, 0.3) is 0 Å². The second-order valence-corrected chi connectivity index (χ2v) is 10.6. The number of nitrogens with zero attached hydrogens (tertiary/aromatic N) is 4. The smallest absolute Gasteiger partial charge is 0.326 e. The molecule has 0 aliphatic carbocycles. The highest BCUT2D eigenvalue weighted by atomic mass is 32.1. The fraction of sp³-hybridized carbons (Fsp3) is 0.480. The van der Waals surface area contributed by atoms with Crippen molar-refractivity contribution in [2.45, 2.75) is 71.4 Å². The lowest BCUT2D eigenvalue weighted by atomic mass is 9.78. The number of likely N-dealkylation sites (tertiary alicyclic amines) is 1. The van der Waals surface area contributed by atoms with Gasteiger partial charge in [-0.25, -0.2) is 0 Å². The van der Waals surface area contributed by atoms with Gasteiger partial charge >= 0.3 is 5.97 Å². The molecule has 0 bridgehead atoms. The number of benzene rings is 1. The van der Waals surface area contributed by atoms with E-state index in [-0.39, 0.29) is 30.8 Å². The summed E-state index contributed by atoms with van der Waals surface area (Å²) in [6, 6.07) is 9.40. The van der Waals surface area contributed by atoms with Crippen LogP contribution in [-0.4, -0.2) is 49.6 Å². The van der Waals surface area contributed by atoms with Gasteiger partial charge in [0.1, 0.15) is 18.8 Å². The first-order valence-electron chi connectivity index (χ1n) is 11.9. The van der Waals surface area contributed by atoms with Gasteiger partial charge in [0, 0.05) is 33.4 Å². The Labute approximate surface area is 218 Å². The molecule has 2 aromatic heterocycles. The summed E-state index contributed by atoms with van der Waals surface area (Å²) < 4.78 is 31.6. The van der Waals surface area contributed by atoms with Crippen LogP contribution in [0.2, 0.25) is 0 Å². The Hall–Kier alpha value is -3.22. The zero-order valence-corrected chi connectivity index (χ0v) is 22.1. The number of esters is 1. The van der Waals surface area contributed by atoms with Crippen LogP contribution in [0.1, 0.15) is 55.8 Å². The Morgan fingerprint density at radius 1 is 1.22 bits per heavy atom. The lowest BCUT2D eigenvalue weighted by Gasteiger charge is -2.49. The maximum absolute atomic E-state index is 14.7. The average molecular weight is 532 g/mol. The van der Waals surface area contributed by atoms with Gasteiger partial charge in [0.2, 0.25) is 17.7 Å². The SMILES string of the molecule is CC(=O)Nc1nc(F)c(CN2CC[C@](C)(OCc3noc(C)n3)C[C@]2(C)C(=O)OCc2ccccc2)s1. The number of aryl methyl sites for hydroxylation is 1. The van der Waals surface area contributed by atoms with Crippen LogP contribution in [0.4, 0.5) is 9.52 Å². The zero-order chi connectivity index (χ0) is 26.6. The van der Waals surface area contributed by atoms with Crippen LogP contribution in [-0.2, 0) is 38.8 Å². The van der Waals surface area contributed by atoms with Crippen molar-refractivity contribution in [3.63, 3.8) is 0 Å². The molecule has 2 atom stereocenters. The van der Waals surface area contributed by atoms with Crippen molar-refractivity contribution in [2.75, 3.05) is 11.9 Å². The minimum Gasteiger partial charge on any atom is -0.459 e. The van der Waals surface area contributed by atoms with Crippen LogP contribution in [0, 0.1) is 12.9 Å². The second kappa shape index (κ2) is 11.0. The summed E-state index contributed by atoms with van der Waals surface area (Å²) in [5.41, 5.74) is -0.958. The van der Waals surface area contributed by atoms with Gasteiger partial charge in [0.25, 0.3) is 0 Å². The Kier molecular flexibility index (Phi) is 8.00. The van der Waals surface area contributed by atoms with E-state index in [0.29, 0.717) is 36.0 Å². The first-order valence-corrected chi connectivity index (χ1v) is 12.7. The van der Waals surface area contributed by atoms with E-state index in [1.165, 1.54) is 6.92 Å². The Bertz CT molecular complexity index is 1250. The topological polar surface area (TPSA) is 120 Å². The van der Waals surface area contributed by atoms with Crippen LogP contribution in [0.3, 0.4) is 0 Å². The van der Waals surface area contributed by atoms with Crippen molar-refractivity contribution >= 4 is 28.3 Å². The molecule has 0 saturated carbocycles. The molecule has 1 amide bonds. The molecule has 0 spiro atoms. The van der Waals surface area contributed by atoms with E-state index >= 15 is 0 Å². The number of nitrogens with one attached hydrogen (secondary N) is 1. The van der Waals surface area contributed by atoms with Crippen LogP contribution < -0.4 is 5.32 Å². The molecule has 1 aromatic carbocycles. The third kappa shape index (κ3) is 6.56. The molecule has 4 rings (SSSR count). The zero-order valence-electron chi connectivity index (χ0n) is 21.2. The number of aromatic nitrogens is 3. The van der Waals surface area contributed by atoms with Crippen molar-refractivity contribution in [2.24, 2.45) is 0 Å². The van der Waals surface area contributed by atoms with Gasteiger partial charge in [0.15, 0.2) is 11.0 Å². The highest BCUT2D eigenvalue weighted by Gasteiger charge is 2.51. The van der Waals surface area contributed by atoms with E-state index in [4.69, 9.17) is 14.0 Å². The van der Waals surface area contributed by atoms with E-state index in [2.05, 4.69) is 20.4 Å². The number of anilines is 1. The van der Waals surface area contributed by atoms with E-state index in [0.717, 1.165) is 16.9 Å². The quantitative estimate of drug-likeness (QED) is 0.409. The molecule has 1 aliphatic heterocycles. The Morgan fingerprint density at radius 3 is 2.65 bits per heavy atom. The highest BCUT2D eigenvalue weighted by molar-refractivity contribution is 7.15. The van der Waals surface area contributed by atoms with E-state index in [1.807, 2.05) is 42.2 Å². The third-order valence-corrected chi connectivity index (χ3v) is 7.30. The van der Waals surface area contributed by atoms with Crippen molar-refractivity contribution in [3.05, 3.63) is 58.4 Å². The lowest BCUT2D eigenvalue weighted by Crippen LogP contribution is -2.61. The van der Waals surface area contributed by atoms with Gasteiger partial charge in [0.05, 0.1) is 10.5 Å². The molecular formula is C25H30FN5O5S. The largest absolute Gasteiger partial charge is 0.459 e. The number of hydrogen-bond donors (Lipinski definition) is 1. The summed E-state index contributed by atoms with van der Waals surface area (Å²) in [5, 5.41) is 6.56. The summed E-state index contributed by atoms with van der Waals surface area (Å²) in [7, 11) is 0. The fourth-order valence-electron chi connectivity index (χ4n) is 4.45. The minimum atomic E-state index is -1.13. The van der Waals surface area contributed by atoms with Crippen LogP contribution >= 0.6 is 11.3 Å². The first-order chi connectivity index (χ1) is 17.6. The van der Waals surface area contributed by atoms with Crippen molar-refractivity contribution in [3.8, 4) is 0 Å². The summed E-state index contributed by atoms with van der Waals surface area (Å²) in [4.78, 5) is 35.1. The van der Waals surface area contributed by atoms with Crippen LogP contribution in [0.5, 0.6) is 0 Å². The van der Waals surface area contributed by atoms with Gasteiger partial charge in [-0.1, -0.05) is 46.8 Å². The molecule has 3 heterocycles. The molecule has 10 nitrogen and oxygen atoms in total. The number of halogens is 1. The van der Waals surface area contributed by atoms with E-state index < -0.39 is 23.1 Å². The summed E-state index contributed by atoms with van der Waals surface area (Å²) in [5.74, 6) is -0.582. The molecule has 1 aliphatic rings. The third-order valence-electron chi connectivity index (χ3n) is 6.37. The minimum absolute atomic E-state index is 0.115. The number of amides is 1. The molecule has 1 N–H and O–H groups in total. The Morgan fingerprint density at radius 2 is 1.97 bits per heavy atom. The monoisotopic (exact) mass is 531 g/mol. The molecule has 12 heteroatoms. The van der Waals surface area contributed by atoms with E-state index in [1.54, 1.807) is 13.8 Å². The normalized spacial score (nSPS) is 22.1. The molecule has 37 heavy (non-hydrogen) atoms. The van der Waals surface area contributed by atoms with Gasteiger partial charge < -0.3 is 19.3 Å². The van der Waals surface area contributed by atoms with Gasteiger partial charge in [-0.15, -0.1) is 0 Å². The molecule has 1 fully saturated rings. The van der Waals surface area contributed by atoms with Gasteiger partial charge in [-0.2, -0.15) is 14.4 Å². The molecule has 0 unspecified atom stereocenters. The molecule has 1 saturated heterocycles. The number of rotatable bonds is 9. The highest BCUT2D eigenvalue weighted by Crippen LogP contribution is 2.40. The standard InChI is InChI=1S/C25H30FN5O5S/c1-16(32)27-23-29-21(26)19(37-23)12-31-11-10-24(3,35-14-20-28-17(2)36-30-20)15-25(31,4)22(33)34-13-18-8-6-5-7-9-18/h5-9H,10-15H2,1-4H3,(H,27,29,32)/t24-,25+/m0/s1. The van der Waals surface area contributed by atoms with Crippen LogP contribution in [0.15, 0.2) is 34.9 Å². The number of thiazole rings is 1. The van der Waals surface area contributed by atoms with Crippen molar-refractivity contribution in [1.29, 1.82) is 0 Å². The summed E-state index contributed by atoms with van der Waals surface area (Å²) in [6.45, 7) is 7.56. The van der Waals surface area contributed by atoms with Gasteiger partial charge in [-0.3, -0.25) is 14.5 Å². The van der Waals surface area contributed by atoms with E-state index in [9.17, 15) is 14.0 Å². The average Bonchev–Trinajstić information content (AvgIpc) is 3.42. The number of hydrogen-bond acceptors (Lipinski definition) is 10. The second-order valence-electron chi connectivity index (χ2n) is 9.57. The predicted octanol–water partition coefficient (Wildman–Crippen LogP) is 4.01. The number of piperidine rings is 1. The predicted molar refractivity (Wildman–Crippen MR) is 133 cm³/mol. The molecule has 0 radical (unpaired) electrons. The van der Waals surface area contributed by atoms with Crippen molar-refractivity contribution < 1.29 is 28.0 Å². The fourth-order valence-corrected chi connectivity index (χ4v) is 5.35. The molecular weight excluding hydrogens is 501 g/mol. The number of carbonyl (C=O) groups is 2. The number of ether oxygens (including phenoxy) is 2. The Balaban J connectivity index is 1.54. The first kappa shape index (κ1) is 26.8.